The molecule has 1 atom stereocenters. The fourth-order valence-electron chi connectivity index (χ4n) is 1.96. The normalized spacial score (nSPS) is 14.4. The van der Waals surface area contributed by atoms with Crippen molar-refractivity contribution in [3.8, 4) is 5.75 Å². The van der Waals surface area contributed by atoms with Gasteiger partial charge in [-0.15, -0.1) is 0 Å². The summed E-state index contributed by atoms with van der Waals surface area (Å²) in [5.74, 6) is -0.149. The van der Waals surface area contributed by atoms with Crippen molar-refractivity contribution in [1.82, 2.24) is 5.32 Å². The summed E-state index contributed by atoms with van der Waals surface area (Å²) in [5.41, 5.74) is 0.392. The topological polar surface area (TPSA) is 41.5 Å². The van der Waals surface area contributed by atoms with Crippen LogP contribution in [0, 0.1) is 5.82 Å². The number of halogens is 1. The van der Waals surface area contributed by atoms with Gasteiger partial charge in [0.1, 0.15) is 0 Å². The Morgan fingerprint density at radius 2 is 2.18 bits per heavy atom. The van der Waals surface area contributed by atoms with Crippen molar-refractivity contribution in [2.45, 2.75) is 25.8 Å². The molecule has 0 bridgehead atoms. The lowest BCUT2D eigenvalue weighted by Crippen LogP contribution is -2.40. The van der Waals surface area contributed by atoms with Crippen LogP contribution in [-0.2, 0) is 5.54 Å². The summed E-state index contributed by atoms with van der Waals surface area (Å²) in [7, 11) is 1.44. The number of ether oxygens (including phenoxy) is 1. The Labute approximate surface area is 102 Å². The third kappa shape index (κ3) is 3.17. The van der Waals surface area contributed by atoms with Crippen LogP contribution in [0.4, 0.5) is 4.39 Å². The Bertz CT molecular complexity index is 362. The zero-order chi connectivity index (χ0) is 12.9. The highest BCUT2D eigenvalue weighted by Gasteiger charge is 2.25. The Balaban J connectivity index is 3.06. The van der Waals surface area contributed by atoms with Crippen LogP contribution in [0.15, 0.2) is 18.2 Å². The van der Waals surface area contributed by atoms with E-state index in [0.717, 1.165) is 12.1 Å². The van der Waals surface area contributed by atoms with Gasteiger partial charge in [0, 0.05) is 12.1 Å². The van der Waals surface area contributed by atoms with Crippen LogP contribution in [0.5, 0.6) is 5.75 Å². The molecule has 0 heterocycles. The lowest BCUT2D eigenvalue weighted by Gasteiger charge is -2.31. The average Bonchev–Trinajstić information content (AvgIpc) is 2.29. The lowest BCUT2D eigenvalue weighted by molar-refractivity contribution is 0.222. The van der Waals surface area contributed by atoms with E-state index in [4.69, 9.17) is 9.84 Å². The summed E-state index contributed by atoms with van der Waals surface area (Å²) in [4.78, 5) is 0. The van der Waals surface area contributed by atoms with Gasteiger partial charge in [-0.3, -0.25) is 0 Å². The average molecular weight is 241 g/mol. The first-order valence-electron chi connectivity index (χ1n) is 5.77. The third-order valence-corrected chi connectivity index (χ3v) is 2.97. The Morgan fingerprint density at radius 1 is 1.47 bits per heavy atom. The number of hydrogen-bond acceptors (Lipinski definition) is 3. The molecule has 0 spiro atoms. The highest BCUT2D eigenvalue weighted by atomic mass is 19.1. The second kappa shape index (κ2) is 5.98. The quantitative estimate of drug-likeness (QED) is 0.801. The molecule has 3 nitrogen and oxygen atoms in total. The fourth-order valence-corrected chi connectivity index (χ4v) is 1.96. The fraction of sp³-hybridized carbons (Fsp3) is 0.538. The second-order valence-electron chi connectivity index (χ2n) is 4.19. The Morgan fingerprint density at radius 3 is 2.65 bits per heavy atom. The SMILES string of the molecule is CCNC(C)(CCO)c1ccc(OC)c(F)c1. The standard InChI is InChI=1S/C13H20FNO2/c1-4-15-13(2,7-8-16)10-5-6-12(17-3)11(14)9-10/h5-6,9,15-16H,4,7-8H2,1-3H3. The molecule has 4 heteroatoms. The van der Waals surface area contributed by atoms with E-state index >= 15 is 0 Å². The molecule has 1 unspecified atom stereocenters. The highest BCUT2D eigenvalue weighted by molar-refractivity contribution is 5.33. The van der Waals surface area contributed by atoms with Crippen molar-refractivity contribution in [3.05, 3.63) is 29.6 Å². The molecule has 0 aromatic heterocycles. The predicted octanol–water partition coefficient (Wildman–Crippen LogP) is 2.04. The highest BCUT2D eigenvalue weighted by Crippen LogP contribution is 2.28. The molecule has 0 radical (unpaired) electrons. The Hall–Kier alpha value is -1.13. The molecule has 1 rings (SSSR count). The summed E-state index contributed by atoms with van der Waals surface area (Å²) < 4.78 is 18.5. The molecule has 17 heavy (non-hydrogen) atoms. The minimum absolute atomic E-state index is 0.0527. The van der Waals surface area contributed by atoms with Gasteiger partial charge < -0.3 is 15.2 Å². The monoisotopic (exact) mass is 241 g/mol. The van der Waals surface area contributed by atoms with Crippen LogP contribution >= 0.6 is 0 Å². The largest absolute Gasteiger partial charge is 0.494 e. The molecular formula is C13H20FNO2. The smallest absolute Gasteiger partial charge is 0.165 e. The van der Waals surface area contributed by atoms with Crippen LogP contribution in [0.1, 0.15) is 25.8 Å². The zero-order valence-corrected chi connectivity index (χ0v) is 10.6. The van der Waals surface area contributed by atoms with Gasteiger partial charge in [0.15, 0.2) is 11.6 Å². The number of aliphatic hydroxyl groups excluding tert-OH is 1. The summed E-state index contributed by atoms with van der Waals surface area (Å²) in [6.45, 7) is 4.74. The molecule has 1 aromatic carbocycles. The minimum Gasteiger partial charge on any atom is -0.494 e. The van der Waals surface area contributed by atoms with E-state index in [1.54, 1.807) is 6.07 Å². The van der Waals surface area contributed by atoms with Gasteiger partial charge in [-0.05, 0) is 37.6 Å². The molecule has 0 saturated carbocycles. The van der Waals surface area contributed by atoms with E-state index in [1.807, 2.05) is 19.9 Å². The van der Waals surface area contributed by atoms with Crippen LogP contribution in [-0.4, -0.2) is 25.4 Å². The summed E-state index contributed by atoms with van der Waals surface area (Å²) in [5, 5.41) is 12.4. The van der Waals surface area contributed by atoms with E-state index in [2.05, 4.69) is 5.32 Å². The maximum atomic E-state index is 13.6. The predicted molar refractivity (Wildman–Crippen MR) is 65.7 cm³/mol. The van der Waals surface area contributed by atoms with Crippen molar-refractivity contribution in [3.63, 3.8) is 0 Å². The molecule has 2 N–H and O–H groups in total. The molecular weight excluding hydrogens is 221 g/mol. The van der Waals surface area contributed by atoms with Crippen LogP contribution < -0.4 is 10.1 Å². The first kappa shape index (κ1) is 13.9. The number of hydrogen-bond donors (Lipinski definition) is 2. The number of nitrogens with one attached hydrogen (secondary N) is 1. The number of rotatable bonds is 6. The van der Waals surface area contributed by atoms with E-state index in [0.29, 0.717) is 6.42 Å². The molecule has 1 aromatic rings. The van der Waals surface area contributed by atoms with Gasteiger partial charge in [-0.1, -0.05) is 13.0 Å². The molecule has 0 aliphatic rings. The van der Waals surface area contributed by atoms with E-state index < -0.39 is 5.54 Å². The van der Waals surface area contributed by atoms with Crippen molar-refractivity contribution < 1.29 is 14.2 Å². The first-order chi connectivity index (χ1) is 8.07. The molecule has 0 saturated heterocycles. The van der Waals surface area contributed by atoms with Crippen LogP contribution in [0.2, 0.25) is 0 Å². The number of benzene rings is 1. The summed E-state index contributed by atoms with van der Waals surface area (Å²) in [6.07, 6.45) is 0.534. The second-order valence-corrected chi connectivity index (χ2v) is 4.19. The molecule has 96 valence electrons. The van der Waals surface area contributed by atoms with Crippen LogP contribution in [0.3, 0.4) is 0 Å². The summed E-state index contributed by atoms with van der Waals surface area (Å²) in [6, 6.07) is 4.88. The first-order valence-corrected chi connectivity index (χ1v) is 5.77. The van der Waals surface area contributed by atoms with Gasteiger partial charge in [0.05, 0.1) is 7.11 Å². The molecule has 0 amide bonds. The third-order valence-electron chi connectivity index (χ3n) is 2.97. The van der Waals surface area contributed by atoms with Crippen LogP contribution in [0.25, 0.3) is 0 Å². The van der Waals surface area contributed by atoms with Gasteiger partial charge in [-0.25, -0.2) is 4.39 Å². The minimum atomic E-state index is -0.420. The van der Waals surface area contributed by atoms with Gasteiger partial charge in [0.25, 0.3) is 0 Å². The maximum Gasteiger partial charge on any atom is 0.165 e. The number of methoxy groups -OCH3 is 1. The van der Waals surface area contributed by atoms with Gasteiger partial charge in [0.2, 0.25) is 0 Å². The Kier molecular flexibility index (Phi) is 4.90. The van der Waals surface area contributed by atoms with E-state index in [1.165, 1.54) is 13.2 Å². The van der Waals surface area contributed by atoms with E-state index in [9.17, 15) is 4.39 Å². The van der Waals surface area contributed by atoms with Crippen molar-refractivity contribution in [2.75, 3.05) is 20.3 Å². The summed E-state index contributed by atoms with van der Waals surface area (Å²) >= 11 is 0. The zero-order valence-electron chi connectivity index (χ0n) is 10.6. The molecule has 0 aliphatic carbocycles. The maximum absolute atomic E-state index is 13.6. The van der Waals surface area contributed by atoms with Crippen molar-refractivity contribution in [2.24, 2.45) is 0 Å². The lowest BCUT2D eigenvalue weighted by atomic mass is 9.88. The molecule has 0 aliphatic heterocycles. The molecule has 0 fully saturated rings. The van der Waals surface area contributed by atoms with E-state index in [-0.39, 0.29) is 18.2 Å². The van der Waals surface area contributed by atoms with Gasteiger partial charge >= 0.3 is 0 Å². The van der Waals surface area contributed by atoms with Gasteiger partial charge in [-0.2, -0.15) is 0 Å². The van der Waals surface area contributed by atoms with Crippen molar-refractivity contribution in [1.29, 1.82) is 0 Å². The van der Waals surface area contributed by atoms with Crippen molar-refractivity contribution >= 4 is 0 Å². The number of aliphatic hydroxyl groups is 1.